The van der Waals surface area contributed by atoms with Crippen molar-refractivity contribution in [2.45, 2.75) is 12.5 Å². The van der Waals surface area contributed by atoms with Gasteiger partial charge in [0.15, 0.2) is 6.61 Å². The van der Waals surface area contributed by atoms with Gasteiger partial charge in [-0.3, -0.25) is 29.4 Å². The molecular formula is C21H18N2O9S. The van der Waals surface area contributed by atoms with E-state index < -0.39 is 63.1 Å². The number of imide groups is 1. The van der Waals surface area contributed by atoms with E-state index in [9.17, 15) is 37.7 Å². The number of fused-ring (bicyclic) bond motifs is 1. The highest BCUT2D eigenvalue weighted by Crippen LogP contribution is 2.26. The zero-order valence-corrected chi connectivity index (χ0v) is 18.1. The van der Waals surface area contributed by atoms with Gasteiger partial charge in [0.25, 0.3) is 17.5 Å². The minimum absolute atomic E-state index is 0.0623. The van der Waals surface area contributed by atoms with E-state index in [-0.39, 0.29) is 22.4 Å². The van der Waals surface area contributed by atoms with Crippen LogP contribution in [0.4, 0.5) is 5.69 Å². The lowest BCUT2D eigenvalue weighted by atomic mass is 10.1. The normalized spacial score (nSPS) is 14.0. The van der Waals surface area contributed by atoms with Crippen molar-refractivity contribution < 1.29 is 37.3 Å². The van der Waals surface area contributed by atoms with Crippen LogP contribution in [0.3, 0.4) is 0 Å². The van der Waals surface area contributed by atoms with E-state index in [0.29, 0.717) is 4.90 Å². The Morgan fingerprint density at radius 3 is 2.21 bits per heavy atom. The summed E-state index contributed by atoms with van der Waals surface area (Å²) in [5.74, 6) is -3.98. The Labute approximate surface area is 188 Å². The van der Waals surface area contributed by atoms with E-state index in [0.717, 1.165) is 12.3 Å². The molecule has 0 bridgehead atoms. The number of sulfone groups is 1. The SMILES string of the molecule is CS(=O)(=O)CC[C@@H](C(=O)OCC(=O)c1cccc([N+](=O)[O-])c1)N1C(=O)c2ccccc2C1=O. The summed E-state index contributed by atoms with van der Waals surface area (Å²) in [7, 11) is -3.56. The number of nitro benzene ring substituents is 1. The lowest BCUT2D eigenvalue weighted by Crippen LogP contribution is -2.46. The molecule has 12 heteroatoms. The van der Waals surface area contributed by atoms with E-state index >= 15 is 0 Å². The molecular weight excluding hydrogens is 456 g/mol. The average molecular weight is 474 g/mol. The molecule has 11 nitrogen and oxygen atoms in total. The smallest absolute Gasteiger partial charge is 0.329 e. The zero-order chi connectivity index (χ0) is 24.3. The number of rotatable bonds is 9. The predicted molar refractivity (Wildman–Crippen MR) is 113 cm³/mol. The highest BCUT2D eigenvalue weighted by molar-refractivity contribution is 7.90. The van der Waals surface area contributed by atoms with Crippen LogP contribution in [0.2, 0.25) is 0 Å². The quantitative estimate of drug-likeness (QED) is 0.172. The third kappa shape index (κ3) is 5.29. The average Bonchev–Trinajstić information content (AvgIpc) is 3.02. The number of hydrogen-bond acceptors (Lipinski definition) is 9. The van der Waals surface area contributed by atoms with Crippen molar-refractivity contribution in [1.29, 1.82) is 0 Å². The first-order valence-corrected chi connectivity index (χ1v) is 11.6. The lowest BCUT2D eigenvalue weighted by molar-refractivity contribution is -0.384. The first-order chi connectivity index (χ1) is 15.5. The van der Waals surface area contributed by atoms with E-state index in [1.807, 2.05) is 0 Å². The van der Waals surface area contributed by atoms with Crippen LogP contribution in [-0.2, 0) is 19.4 Å². The summed E-state index contributed by atoms with van der Waals surface area (Å²) >= 11 is 0. The van der Waals surface area contributed by atoms with Crippen LogP contribution in [0.25, 0.3) is 0 Å². The van der Waals surface area contributed by atoms with E-state index in [2.05, 4.69) is 0 Å². The predicted octanol–water partition coefficient (Wildman–Crippen LogP) is 1.42. The summed E-state index contributed by atoms with van der Waals surface area (Å²) < 4.78 is 28.3. The fraction of sp³-hybridized carbons (Fsp3) is 0.238. The summed E-state index contributed by atoms with van der Waals surface area (Å²) in [5, 5.41) is 10.9. The van der Waals surface area contributed by atoms with Crippen molar-refractivity contribution in [1.82, 2.24) is 4.90 Å². The highest BCUT2D eigenvalue weighted by atomic mass is 32.2. The van der Waals surface area contributed by atoms with E-state index in [1.54, 1.807) is 0 Å². The van der Waals surface area contributed by atoms with Gasteiger partial charge < -0.3 is 4.74 Å². The molecule has 33 heavy (non-hydrogen) atoms. The van der Waals surface area contributed by atoms with Crippen LogP contribution in [0.1, 0.15) is 37.5 Å². The van der Waals surface area contributed by atoms with Crippen LogP contribution in [-0.4, -0.2) is 66.5 Å². The first-order valence-electron chi connectivity index (χ1n) is 9.58. The number of nitro groups is 1. The molecule has 1 aliphatic heterocycles. The number of non-ortho nitro benzene ring substituents is 1. The summed E-state index contributed by atoms with van der Waals surface area (Å²) in [5.41, 5.74) is -0.283. The maximum absolute atomic E-state index is 12.8. The molecule has 0 fully saturated rings. The maximum Gasteiger partial charge on any atom is 0.329 e. The molecule has 0 aromatic heterocycles. The second kappa shape index (κ2) is 9.28. The van der Waals surface area contributed by atoms with Gasteiger partial charge in [0.05, 0.1) is 21.8 Å². The van der Waals surface area contributed by atoms with Crippen molar-refractivity contribution >= 4 is 39.1 Å². The minimum atomic E-state index is -3.56. The van der Waals surface area contributed by atoms with Crippen molar-refractivity contribution in [3.05, 3.63) is 75.3 Å². The Hall–Kier alpha value is -3.93. The Balaban J connectivity index is 1.80. The molecule has 0 N–H and O–H groups in total. The molecule has 0 saturated heterocycles. The van der Waals surface area contributed by atoms with Gasteiger partial charge in [0, 0.05) is 24.0 Å². The number of carbonyl (C=O) groups excluding carboxylic acids is 4. The van der Waals surface area contributed by atoms with E-state index in [4.69, 9.17) is 4.74 Å². The third-order valence-electron chi connectivity index (χ3n) is 4.90. The molecule has 2 aromatic rings. The number of ether oxygens (including phenoxy) is 1. The number of Topliss-reactive ketones (excluding diaryl/α,β-unsaturated/α-hetero) is 1. The lowest BCUT2D eigenvalue weighted by Gasteiger charge is -2.24. The van der Waals surface area contributed by atoms with Gasteiger partial charge >= 0.3 is 5.97 Å². The Kier molecular flexibility index (Phi) is 6.68. The number of nitrogens with zero attached hydrogens (tertiary/aromatic N) is 2. The van der Waals surface area contributed by atoms with Crippen LogP contribution in [0, 0.1) is 10.1 Å². The molecule has 0 radical (unpaired) electrons. The number of carbonyl (C=O) groups is 4. The number of hydrogen-bond donors (Lipinski definition) is 0. The summed E-state index contributed by atoms with van der Waals surface area (Å²) in [6.07, 6.45) is 0.512. The summed E-state index contributed by atoms with van der Waals surface area (Å²) in [6.45, 7) is -0.821. The molecule has 0 saturated carbocycles. The van der Waals surface area contributed by atoms with E-state index in [1.165, 1.54) is 42.5 Å². The van der Waals surface area contributed by atoms with Crippen LogP contribution in [0.15, 0.2) is 48.5 Å². The van der Waals surface area contributed by atoms with Gasteiger partial charge in [-0.1, -0.05) is 24.3 Å². The molecule has 2 aromatic carbocycles. The second-order valence-electron chi connectivity index (χ2n) is 7.30. The molecule has 0 spiro atoms. The molecule has 1 aliphatic rings. The van der Waals surface area contributed by atoms with Crippen molar-refractivity contribution in [2.75, 3.05) is 18.6 Å². The molecule has 3 rings (SSSR count). The van der Waals surface area contributed by atoms with Crippen molar-refractivity contribution in [3.8, 4) is 0 Å². The molecule has 172 valence electrons. The van der Waals surface area contributed by atoms with Gasteiger partial charge in [-0.15, -0.1) is 0 Å². The number of benzene rings is 2. The van der Waals surface area contributed by atoms with Gasteiger partial charge in [0.2, 0.25) is 5.78 Å². The minimum Gasteiger partial charge on any atom is -0.456 e. The largest absolute Gasteiger partial charge is 0.456 e. The third-order valence-corrected chi connectivity index (χ3v) is 5.87. The molecule has 0 aliphatic carbocycles. The van der Waals surface area contributed by atoms with Gasteiger partial charge in [-0.05, 0) is 18.6 Å². The monoisotopic (exact) mass is 474 g/mol. The Bertz CT molecular complexity index is 1240. The summed E-state index contributed by atoms with van der Waals surface area (Å²) in [6, 6.07) is 9.10. The van der Waals surface area contributed by atoms with Crippen LogP contribution < -0.4 is 0 Å². The first kappa shape index (κ1) is 23.7. The number of ketones is 1. The highest BCUT2D eigenvalue weighted by Gasteiger charge is 2.43. The second-order valence-corrected chi connectivity index (χ2v) is 9.56. The molecule has 1 heterocycles. The van der Waals surface area contributed by atoms with Gasteiger partial charge in [-0.25, -0.2) is 13.2 Å². The maximum atomic E-state index is 12.8. The topological polar surface area (TPSA) is 158 Å². The zero-order valence-electron chi connectivity index (χ0n) is 17.3. The van der Waals surface area contributed by atoms with Crippen molar-refractivity contribution in [2.24, 2.45) is 0 Å². The molecule has 0 unspecified atom stereocenters. The molecule has 1 atom stereocenters. The number of amides is 2. The van der Waals surface area contributed by atoms with Gasteiger partial charge in [0.1, 0.15) is 15.9 Å². The molecule has 2 amide bonds. The van der Waals surface area contributed by atoms with Gasteiger partial charge in [-0.2, -0.15) is 0 Å². The fourth-order valence-corrected chi connectivity index (χ4v) is 3.93. The van der Waals surface area contributed by atoms with Crippen molar-refractivity contribution in [3.63, 3.8) is 0 Å². The van der Waals surface area contributed by atoms with Crippen LogP contribution >= 0.6 is 0 Å². The Morgan fingerprint density at radius 1 is 1.06 bits per heavy atom. The fourth-order valence-electron chi connectivity index (χ4n) is 3.28. The Morgan fingerprint density at radius 2 is 1.67 bits per heavy atom. The number of esters is 1. The summed E-state index contributed by atoms with van der Waals surface area (Å²) in [4.78, 5) is 61.5. The van der Waals surface area contributed by atoms with Crippen LogP contribution in [0.5, 0.6) is 0 Å². The standard InChI is InChI=1S/C21H18N2O9S/c1-33(30,31)10-9-17(22-19(25)15-7-2-3-8-16(15)20(22)26)21(27)32-12-18(24)13-5-4-6-14(11-13)23(28)29/h2-8,11,17H,9-10,12H2,1H3/t17-/m0/s1.